The van der Waals surface area contributed by atoms with Crippen LogP contribution in [0.1, 0.15) is 28.8 Å². The van der Waals surface area contributed by atoms with Gasteiger partial charge in [0.1, 0.15) is 5.00 Å². The Labute approximate surface area is 144 Å². The van der Waals surface area contributed by atoms with E-state index in [1.807, 2.05) is 6.92 Å². The van der Waals surface area contributed by atoms with E-state index in [-0.39, 0.29) is 35.0 Å². The molecule has 2 amide bonds. The number of benzene rings is 1. The van der Waals surface area contributed by atoms with Gasteiger partial charge in [-0.15, -0.1) is 11.3 Å². The van der Waals surface area contributed by atoms with Crippen LogP contribution in [0.15, 0.2) is 40.6 Å². The second-order valence-corrected chi connectivity index (χ2v) is 8.34. The second kappa shape index (κ2) is 7.59. The molecule has 8 heteroatoms. The summed E-state index contributed by atoms with van der Waals surface area (Å²) in [6.45, 7) is 1.88. The summed E-state index contributed by atoms with van der Waals surface area (Å²) in [7, 11) is -3.41. The molecule has 0 atom stereocenters. The monoisotopic (exact) mass is 366 g/mol. The predicted molar refractivity (Wildman–Crippen MR) is 93.9 cm³/mol. The Hall–Kier alpha value is -2.19. The molecule has 24 heavy (non-hydrogen) atoms. The van der Waals surface area contributed by atoms with Crippen molar-refractivity contribution in [3.63, 3.8) is 0 Å². The van der Waals surface area contributed by atoms with E-state index in [0.717, 1.165) is 5.56 Å². The highest BCUT2D eigenvalue weighted by molar-refractivity contribution is 7.91. The highest BCUT2D eigenvalue weighted by Gasteiger charge is 2.16. The molecule has 0 saturated heterocycles. The first-order chi connectivity index (χ1) is 11.3. The summed E-state index contributed by atoms with van der Waals surface area (Å²) in [5.41, 5.74) is 6.44. The van der Waals surface area contributed by atoms with E-state index >= 15 is 0 Å². The number of nitrogens with two attached hydrogens (primary N) is 1. The summed E-state index contributed by atoms with van der Waals surface area (Å²) in [6.07, 6.45) is 0.237. The third-order valence-corrected chi connectivity index (χ3v) is 6.03. The molecule has 0 saturated carbocycles. The van der Waals surface area contributed by atoms with E-state index in [1.54, 1.807) is 29.6 Å². The number of hydrogen-bond donors (Lipinski definition) is 2. The Balaban J connectivity index is 1.89. The Morgan fingerprint density at radius 1 is 1.17 bits per heavy atom. The molecule has 0 spiro atoms. The van der Waals surface area contributed by atoms with Crippen molar-refractivity contribution in [2.45, 2.75) is 24.7 Å². The number of aryl methyl sites for hydroxylation is 1. The molecule has 0 bridgehead atoms. The Morgan fingerprint density at radius 3 is 2.46 bits per heavy atom. The minimum absolute atomic E-state index is 0.0429. The molecule has 0 aliphatic heterocycles. The molecule has 0 radical (unpaired) electrons. The van der Waals surface area contributed by atoms with E-state index < -0.39 is 15.7 Å². The Kier molecular flexibility index (Phi) is 5.74. The van der Waals surface area contributed by atoms with Crippen molar-refractivity contribution in [2.24, 2.45) is 5.73 Å². The largest absolute Gasteiger partial charge is 0.366 e. The zero-order valence-corrected chi connectivity index (χ0v) is 14.7. The zero-order valence-electron chi connectivity index (χ0n) is 13.1. The maximum atomic E-state index is 12.2. The minimum atomic E-state index is -3.41. The Morgan fingerprint density at radius 2 is 1.83 bits per heavy atom. The maximum absolute atomic E-state index is 12.2. The molecule has 0 fully saturated rings. The molecule has 6 nitrogen and oxygen atoms in total. The van der Waals surface area contributed by atoms with Gasteiger partial charge in [-0.05, 0) is 36.9 Å². The molecule has 2 rings (SSSR count). The lowest BCUT2D eigenvalue weighted by atomic mass is 10.2. The summed E-state index contributed by atoms with van der Waals surface area (Å²) < 4.78 is 24.4. The van der Waals surface area contributed by atoms with Crippen LogP contribution in [0.4, 0.5) is 5.00 Å². The number of thiophene rings is 1. The van der Waals surface area contributed by atoms with Gasteiger partial charge in [-0.25, -0.2) is 8.42 Å². The first-order valence-corrected chi connectivity index (χ1v) is 9.79. The molecule has 3 N–H and O–H groups in total. The van der Waals surface area contributed by atoms with E-state index in [4.69, 9.17) is 5.73 Å². The van der Waals surface area contributed by atoms with Gasteiger partial charge in [-0.2, -0.15) is 0 Å². The number of sulfone groups is 1. The lowest BCUT2D eigenvalue weighted by Gasteiger charge is -2.06. The first-order valence-electron chi connectivity index (χ1n) is 7.26. The number of carbonyl (C=O) groups excluding carboxylic acids is 2. The van der Waals surface area contributed by atoms with E-state index in [9.17, 15) is 18.0 Å². The van der Waals surface area contributed by atoms with Gasteiger partial charge in [-0.1, -0.05) is 17.7 Å². The number of amides is 2. The van der Waals surface area contributed by atoms with Crippen LogP contribution in [-0.2, 0) is 14.6 Å². The van der Waals surface area contributed by atoms with Crippen LogP contribution in [0.25, 0.3) is 0 Å². The number of carbonyl (C=O) groups is 2. The van der Waals surface area contributed by atoms with Crippen molar-refractivity contribution in [1.82, 2.24) is 0 Å². The molecule has 128 valence electrons. The molecule has 0 aliphatic carbocycles. The fourth-order valence-electron chi connectivity index (χ4n) is 2.08. The maximum Gasteiger partial charge on any atom is 0.251 e. The lowest BCUT2D eigenvalue weighted by molar-refractivity contribution is -0.116. The molecule has 0 aliphatic rings. The summed E-state index contributed by atoms with van der Waals surface area (Å²) in [4.78, 5) is 23.3. The van der Waals surface area contributed by atoms with Crippen LogP contribution in [0.3, 0.4) is 0 Å². The van der Waals surface area contributed by atoms with Gasteiger partial charge in [0.05, 0.1) is 16.2 Å². The molecule has 0 unspecified atom stereocenters. The molecule has 1 heterocycles. The fourth-order valence-corrected chi connectivity index (χ4v) is 4.19. The van der Waals surface area contributed by atoms with Crippen molar-refractivity contribution in [1.29, 1.82) is 0 Å². The van der Waals surface area contributed by atoms with Gasteiger partial charge in [0.2, 0.25) is 5.91 Å². The smallest absolute Gasteiger partial charge is 0.251 e. The third-order valence-electron chi connectivity index (χ3n) is 3.38. The highest BCUT2D eigenvalue weighted by atomic mass is 32.2. The van der Waals surface area contributed by atoms with Gasteiger partial charge in [0.15, 0.2) is 9.84 Å². The van der Waals surface area contributed by atoms with Crippen LogP contribution >= 0.6 is 11.3 Å². The summed E-state index contributed by atoms with van der Waals surface area (Å²) in [5, 5.41) is 4.62. The van der Waals surface area contributed by atoms with Crippen molar-refractivity contribution < 1.29 is 18.0 Å². The number of anilines is 1. The summed E-state index contributed by atoms with van der Waals surface area (Å²) >= 11 is 1.19. The van der Waals surface area contributed by atoms with Crippen LogP contribution in [0, 0.1) is 6.92 Å². The average Bonchev–Trinajstić information content (AvgIpc) is 2.95. The van der Waals surface area contributed by atoms with Crippen LogP contribution in [-0.4, -0.2) is 26.0 Å². The van der Waals surface area contributed by atoms with Gasteiger partial charge in [0, 0.05) is 6.42 Å². The van der Waals surface area contributed by atoms with Gasteiger partial charge >= 0.3 is 0 Å². The van der Waals surface area contributed by atoms with Crippen LogP contribution < -0.4 is 11.1 Å². The van der Waals surface area contributed by atoms with Gasteiger partial charge in [0.25, 0.3) is 5.91 Å². The molecular weight excluding hydrogens is 348 g/mol. The first kappa shape index (κ1) is 18.2. The van der Waals surface area contributed by atoms with E-state index in [0.29, 0.717) is 5.00 Å². The summed E-state index contributed by atoms with van der Waals surface area (Å²) in [6, 6.07) is 8.14. The fraction of sp³-hybridized carbons (Fsp3) is 0.250. The molecule has 2 aromatic rings. The number of hydrogen-bond acceptors (Lipinski definition) is 5. The average molecular weight is 366 g/mol. The SMILES string of the molecule is Cc1ccc(S(=O)(=O)CCCC(=O)Nc2sccc2C(N)=O)cc1. The zero-order chi connectivity index (χ0) is 17.7. The number of primary amides is 1. The van der Waals surface area contributed by atoms with Crippen LogP contribution in [0.5, 0.6) is 0 Å². The van der Waals surface area contributed by atoms with Crippen molar-refractivity contribution in [3.8, 4) is 0 Å². The van der Waals surface area contributed by atoms with E-state index in [2.05, 4.69) is 5.32 Å². The molecular formula is C16H18N2O4S2. The number of nitrogens with one attached hydrogen (secondary N) is 1. The normalized spacial score (nSPS) is 11.2. The number of rotatable bonds is 7. The van der Waals surface area contributed by atoms with Crippen LogP contribution in [0.2, 0.25) is 0 Å². The highest BCUT2D eigenvalue weighted by Crippen LogP contribution is 2.23. The minimum Gasteiger partial charge on any atom is -0.366 e. The predicted octanol–water partition coefficient (Wildman–Crippen LogP) is 2.35. The van der Waals surface area contributed by atoms with E-state index in [1.165, 1.54) is 17.4 Å². The lowest BCUT2D eigenvalue weighted by Crippen LogP contribution is -2.17. The molecule has 1 aromatic carbocycles. The Bertz CT molecular complexity index is 839. The standard InChI is InChI=1S/C16H18N2O4S2/c1-11-4-6-12(7-5-11)24(21,22)10-2-3-14(19)18-16-13(15(17)20)8-9-23-16/h4-9H,2-3,10H2,1H3,(H2,17,20)(H,18,19). The van der Waals surface area contributed by atoms with Crippen molar-refractivity contribution >= 4 is 38.0 Å². The second-order valence-electron chi connectivity index (χ2n) is 5.31. The van der Waals surface area contributed by atoms with Gasteiger partial charge in [-0.3, -0.25) is 9.59 Å². The van der Waals surface area contributed by atoms with Crippen molar-refractivity contribution in [2.75, 3.05) is 11.1 Å². The molecule has 1 aromatic heterocycles. The quantitative estimate of drug-likeness (QED) is 0.784. The van der Waals surface area contributed by atoms with Crippen molar-refractivity contribution in [3.05, 3.63) is 46.8 Å². The topological polar surface area (TPSA) is 106 Å². The summed E-state index contributed by atoms with van der Waals surface area (Å²) in [5.74, 6) is -1.08. The van der Waals surface area contributed by atoms with Gasteiger partial charge < -0.3 is 11.1 Å². The third kappa shape index (κ3) is 4.65.